The largest absolute Gasteiger partial charge is 0.315 e. The highest BCUT2D eigenvalue weighted by Crippen LogP contribution is 2.28. The Balaban J connectivity index is 0.000000963. The van der Waals surface area contributed by atoms with E-state index >= 15 is 0 Å². The van der Waals surface area contributed by atoms with Gasteiger partial charge in [0.2, 0.25) is 0 Å². The number of rotatable bonds is 2. The van der Waals surface area contributed by atoms with Gasteiger partial charge in [-0.3, -0.25) is 10.00 Å². The molecule has 5 heteroatoms. The molecule has 0 saturated carbocycles. The highest BCUT2D eigenvalue weighted by atomic mass is 35.5. The molecule has 90 valence electrons. The van der Waals surface area contributed by atoms with Crippen LogP contribution >= 0.6 is 12.4 Å². The maximum absolute atomic E-state index is 4.01. The van der Waals surface area contributed by atoms with E-state index in [1.807, 2.05) is 6.20 Å². The highest BCUT2D eigenvalue weighted by molar-refractivity contribution is 5.85. The van der Waals surface area contributed by atoms with Crippen LogP contribution in [0.2, 0.25) is 0 Å². The molecule has 4 nitrogen and oxygen atoms in total. The predicted molar refractivity (Wildman–Crippen MR) is 65.7 cm³/mol. The fourth-order valence-electron chi connectivity index (χ4n) is 2.91. The molecule has 0 aromatic carbocycles. The number of hydrogen-bond acceptors (Lipinski definition) is 3. The molecule has 2 aliphatic heterocycles. The Kier molecular flexibility index (Phi) is 3.84. The van der Waals surface area contributed by atoms with Gasteiger partial charge in [-0.25, -0.2) is 0 Å². The van der Waals surface area contributed by atoms with Crippen molar-refractivity contribution >= 4 is 12.4 Å². The van der Waals surface area contributed by atoms with Crippen molar-refractivity contribution in [2.45, 2.75) is 37.9 Å². The van der Waals surface area contributed by atoms with Gasteiger partial charge in [-0.05, 0) is 31.9 Å². The second kappa shape index (κ2) is 5.17. The molecule has 16 heavy (non-hydrogen) atoms. The Bertz CT molecular complexity index is 300. The zero-order chi connectivity index (χ0) is 10.1. The van der Waals surface area contributed by atoms with Crippen LogP contribution in [-0.2, 0) is 6.54 Å². The summed E-state index contributed by atoms with van der Waals surface area (Å²) in [5, 5.41) is 10.6. The van der Waals surface area contributed by atoms with E-state index in [0.29, 0.717) is 0 Å². The Labute approximate surface area is 102 Å². The molecule has 3 rings (SSSR count). The summed E-state index contributed by atoms with van der Waals surface area (Å²) in [6.07, 6.45) is 5.87. The van der Waals surface area contributed by atoms with Crippen LogP contribution in [-0.4, -0.2) is 40.3 Å². The van der Waals surface area contributed by atoms with Crippen molar-refractivity contribution in [1.29, 1.82) is 0 Å². The highest BCUT2D eigenvalue weighted by Gasteiger charge is 2.34. The van der Waals surface area contributed by atoms with Crippen LogP contribution in [0.5, 0.6) is 0 Å². The molecular weight excluding hydrogens is 224 g/mol. The average molecular weight is 243 g/mol. The van der Waals surface area contributed by atoms with Crippen molar-refractivity contribution in [3.8, 4) is 0 Å². The molecular formula is C11H19ClN4. The number of halogens is 1. The second-order valence-electron chi connectivity index (χ2n) is 4.63. The van der Waals surface area contributed by atoms with Crippen LogP contribution in [0.15, 0.2) is 12.3 Å². The van der Waals surface area contributed by atoms with Gasteiger partial charge in [0.25, 0.3) is 0 Å². The molecule has 2 bridgehead atoms. The minimum absolute atomic E-state index is 0. The quantitative estimate of drug-likeness (QED) is 0.818. The van der Waals surface area contributed by atoms with Crippen molar-refractivity contribution in [3.05, 3.63) is 18.0 Å². The number of aromatic amines is 1. The molecule has 0 radical (unpaired) electrons. The van der Waals surface area contributed by atoms with E-state index < -0.39 is 0 Å². The Hall–Kier alpha value is -0.580. The van der Waals surface area contributed by atoms with Gasteiger partial charge in [0.1, 0.15) is 0 Å². The number of aromatic nitrogens is 2. The molecule has 2 N–H and O–H groups in total. The smallest absolute Gasteiger partial charge is 0.0492 e. The molecule has 1 aromatic rings. The number of nitrogens with one attached hydrogen (secondary N) is 2. The lowest BCUT2D eigenvalue weighted by atomic mass is 10.1. The third-order valence-electron chi connectivity index (χ3n) is 3.72. The topological polar surface area (TPSA) is 44.0 Å². The summed E-state index contributed by atoms with van der Waals surface area (Å²) in [6, 6.07) is 3.60. The number of fused-ring (bicyclic) bond motifs is 2. The zero-order valence-electron chi connectivity index (χ0n) is 9.35. The van der Waals surface area contributed by atoms with Crippen molar-refractivity contribution in [1.82, 2.24) is 20.4 Å². The lowest BCUT2D eigenvalue weighted by molar-refractivity contribution is 0.191. The minimum atomic E-state index is 0. The molecule has 0 aliphatic carbocycles. The zero-order valence-corrected chi connectivity index (χ0v) is 10.2. The first-order chi connectivity index (χ1) is 7.43. The van der Waals surface area contributed by atoms with Crippen LogP contribution < -0.4 is 5.32 Å². The maximum atomic E-state index is 4.01. The second-order valence-corrected chi connectivity index (χ2v) is 4.63. The van der Waals surface area contributed by atoms with Gasteiger partial charge >= 0.3 is 0 Å². The molecule has 2 fully saturated rings. The van der Waals surface area contributed by atoms with Crippen molar-refractivity contribution in [2.75, 3.05) is 13.1 Å². The molecule has 2 atom stereocenters. The average Bonchev–Trinajstić information content (AvgIpc) is 2.76. The van der Waals surface area contributed by atoms with Crippen LogP contribution in [0.25, 0.3) is 0 Å². The van der Waals surface area contributed by atoms with Gasteiger partial charge in [0.15, 0.2) is 0 Å². The first kappa shape index (κ1) is 11.9. The van der Waals surface area contributed by atoms with Crippen LogP contribution in [0.3, 0.4) is 0 Å². The van der Waals surface area contributed by atoms with Gasteiger partial charge in [-0.15, -0.1) is 12.4 Å². The first-order valence-corrected chi connectivity index (χ1v) is 5.88. The Morgan fingerprint density at radius 2 is 2.19 bits per heavy atom. The maximum Gasteiger partial charge on any atom is 0.0492 e. The molecule has 3 heterocycles. The third-order valence-corrected chi connectivity index (χ3v) is 3.72. The first-order valence-electron chi connectivity index (χ1n) is 5.88. The molecule has 2 aliphatic rings. The SMILES string of the molecule is Cl.c1cc(CN2C3CCNCC2CC3)[nH]n1. The molecule has 2 saturated heterocycles. The van der Waals surface area contributed by atoms with Crippen LogP contribution in [0.4, 0.5) is 0 Å². The normalized spacial score (nSPS) is 29.8. The number of hydrogen-bond donors (Lipinski definition) is 2. The predicted octanol–water partition coefficient (Wildman–Crippen LogP) is 1.16. The Morgan fingerprint density at radius 3 is 3.00 bits per heavy atom. The molecule has 0 amide bonds. The lowest BCUT2D eigenvalue weighted by Crippen LogP contribution is -2.37. The lowest BCUT2D eigenvalue weighted by Gasteiger charge is -2.26. The molecule has 0 spiro atoms. The summed E-state index contributed by atoms with van der Waals surface area (Å²) in [7, 11) is 0. The van der Waals surface area contributed by atoms with E-state index in [1.54, 1.807) is 0 Å². The van der Waals surface area contributed by atoms with Crippen molar-refractivity contribution in [2.24, 2.45) is 0 Å². The Morgan fingerprint density at radius 1 is 1.31 bits per heavy atom. The summed E-state index contributed by atoms with van der Waals surface area (Å²) in [5.74, 6) is 0. The summed E-state index contributed by atoms with van der Waals surface area (Å²) < 4.78 is 0. The van der Waals surface area contributed by atoms with Gasteiger partial charge in [-0.2, -0.15) is 5.10 Å². The molecule has 1 aromatic heterocycles. The van der Waals surface area contributed by atoms with Gasteiger partial charge in [0, 0.05) is 37.1 Å². The van der Waals surface area contributed by atoms with Gasteiger partial charge < -0.3 is 5.32 Å². The van der Waals surface area contributed by atoms with E-state index in [4.69, 9.17) is 0 Å². The van der Waals surface area contributed by atoms with E-state index in [9.17, 15) is 0 Å². The molecule has 2 unspecified atom stereocenters. The van der Waals surface area contributed by atoms with E-state index in [0.717, 1.165) is 25.2 Å². The monoisotopic (exact) mass is 242 g/mol. The fraction of sp³-hybridized carbons (Fsp3) is 0.727. The van der Waals surface area contributed by atoms with E-state index in [1.165, 1.54) is 31.5 Å². The summed E-state index contributed by atoms with van der Waals surface area (Å²) >= 11 is 0. The number of H-pyrrole nitrogens is 1. The van der Waals surface area contributed by atoms with Gasteiger partial charge in [0.05, 0.1) is 0 Å². The van der Waals surface area contributed by atoms with Crippen molar-refractivity contribution in [3.63, 3.8) is 0 Å². The summed E-state index contributed by atoms with van der Waals surface area (Å²) in [4.78, 5) is 2.65. The van der Waals surface area contributed by atoms with Gasteiger partial charge in [-0.1, -0.05) is 0 Å². The summed E-state index contributed by atoms with van der Waals surface area (Å²) in [6.45, 7) is 3.38. The minimum Gasteiger partial charge on any atom is -0.315 e. The summed E-state index contributed by atoms with van der Waals surface area (Å²) in [5.41, 5.74) is 1.24. The fourth-order valence-corrected chi connectivity index (χ4v) is 2.91. The van der Waals surface area contributed by atoms with E-state index in [-0.39, 0.29) is 12.4 Å². The van der Waals surface area contributed by atoms with Crippen LogP contribution in [0.1, 0.15) is 25.0 Å². The third kappa shape index (κ3) is 2.24. The number of nitrogens with zero attached hydrogens (tertiary/aromatic N) is 2. The van der Waals surface area contributed by atoms with E-state index in [2.05, 4.69) is 26.5 Å². The standard InChI is InChI=1S/C11H18N4.ClH/c1-2-11-7-12-5-4-10(1)15(11)8-9-3-6-13-14-9;/h3,6,10-12H,1-2,4-5,7-8H2,(H,13,14);1H. The van der Waals surface area contributed by atoms with Crippen LogP contribution in [0, 0.1) is 0 Å². The van der Waals surface area contributed by atoms with Crippen molar-refractivity contribution < 1.29 is 0 Å².